The predicted molar refractivity (Wildman–Crippen MR) is 39.3 cm³/mol. The molecule has 0 heterocycles. The van der Waals surface area contributed by atoms with E-state index in [1.54, 1.807) is 0 Å². The molecule has 0 amide bonds. The molecule has 0 saturated heterocycles. The average Bonchev–Trinajstić information content (AvgIpc) is 2.05. The molecular weight excluding hydrogens is 120 g/mol. The molecule has 0 aromatic heterocycles. The van der Waals surface area contributed by atoms with Gasteiger partial charge in [-0.1, -0.05) is 24.3 Å². The zero-order chi connectivity index (χ0) is 6.81. The van der Waals surface area contributed by atoms with Gasteiger partial charge in [0.2, 0.25) is 0 Å². The molecule has 0 saturated carbocycles. The number of hydrogen-bond acceptors (Lipinski definition) is 0. The van der Waals surface area contributed by atoms with Crippen LogP contribution in [0.1, 0.15) is 0 Å². The number of benzene rings is 2. The normalized spacial score (nSPS) is 10.0. The Kier molecular flexibility index (Phi) is 1.17. The maximum absolute atomic E-state index is 3.03. The monoisotopic (exact) mass is 124 g/mol. The molecule has 0 bridgehead atoms. The molecule has 44 valence electrons. The van der Waals surface area contributed by atoms with Crippen molar-refractivity contribution < 1.29 is 0 Å². The summed E-state index contributed by atoms with van der Waals surface area (Å²) in [4.78, 5) is 0. The number of hydrogen-bond donors (Lipinski definition) is 0. The Balaban J connectivity index is 2.89. The first-order chi connectivity index (χ1) is 4.97. The van der Waals surface area contributed by atoms with E-state index in [0.717, 1.165) is 10.8 Å². The van der Waals surface area contributed by atoms with Gasteiger partial charge in [0.1, 0.15) is 0 Å². The van der Waals surface area contributed by atoms with Gasteiger partial charge in [0.05, 0.1) is 0 Å². The third-order valence-corrected chi connectivity index (χ3v) is 1.33. The van der Waals surface area contributed by atoms with Crippen molar-refractivity contribution in [1.29, 1.82) is 0 Å². The summed E-state index contributed by atoms with van der Waals surface area (Å²) in [6.07, 6.45) is 0. The minimum atomic E-state index is 0.949. The second-order valence-corrected chi connectivity index (χ2v) is 1.99. The van der Waals surface area contributed by atoms with E-state index >= 15 is 0 Å². The molecule has 0 aliphatic carbocycles. The molecule has 0 heteroatoms. The molecule has 0 aliphatic rings. The Labute approximate surface area is 60.1 Å². The van der Waals surface area contributed by atoms with Crippen molar-refractivity contribution in [2.75, 3.05) is 0 Å². The number of fused-ring (bicyclic) bond motifs is 1. The molecule has 0 unspecified atom stereocenters. The highest BCUT2D eigenvalue weighted by Gasteiger charge is 1.87. The third kappa shape index (κ3) is 0.781. The minimum Gasteiger partial charge on any atom is -0.0531 e. The Morgan fingerprint density at radius 3 is 1.20 bits per heavy atom. The Morgan fingerprint density at radius 2 is 0.900 bits per heavy atom. The van der Waals surface area contributed by atoms with Gasteiger partial charge in [-0.15, -0.1) is 0 Å². The third-order valence-electron chi connectivity index (χ3n) is 1.33. The maximum atomic E-state index is 3.03. The van der Waals surface area contributed by atoms with Gasteiger partial charge in [0, 0.05) is 0 Å². The lowest BCUT2D eigenvalue weighted by Crippen LogP contribution is -1.69. The zero-order valence-corrected chi connectivity index (χ0v) is 5.31. The average molecular weight is 124 g/mol. The van der Waals surface area contributed by atoms with Crippen LogP contribution in [0, 0.1) is 24.3 Å². The van der Waals surface area contributed by atoms with E-state index in [9.17, 15) is 0 Å². The molecular formula is C10H4. The summed E-state index contributed by atoms with van der Waals surface area (Å²) in [6, 6.07) is 19.4. The Bertz CT molecular complexity index is 271. The molecule has 10 heavy (non-hydrogen) atoms. The lowest BCUT2D eigenvalue weighted by atomic mass is 10.1. The maximum Gasteiger partial charge on any atom is -0.00139 e. The summed E-state index contributed by atoms with van der Waals surface area (Å²) >= 11 is 0. The fourth-order valence-electron chi connectivity index (χ4n) is 0.872. The summed E-state index contributed by atoms with van der Waals surface area (Å²) < 4.78 is 0. The molecule has 2 aromatic carbocycles. The highest BCUT2D eigenvalue weighted by Crippen LogP contribution is 2.08. The van der Waals surface area contributed by atoms with Crippen LogP contribution in [0.4, 0.5) is 0 Å². The smallest absolute Gasteiger partial charge is 0.00139 e. The largest absolute Gasteiger partial charge is 0.0531 e. The van der Waals surface area contributed by atoms with E-state index < -0.39 is 0 Å². The van der Waals surface area contributed by atoms with Crippen molar-refractivity contribution >= 4 is 10.8 Å². The van der Waals surface area contributed by atoms with E-state index in [1.807, 2.05) is 24.3 Å². The van der Waals surface area contributed by atoms with Gasteiger partial charge < -0.3 is 0 Å². The van der Waals surface area contributed by atoms with Crippen LogP contribution in [0.25, 0.3) is 10.8 Å². The van der Waals surface area contributed by atoms with Gasteiger partial charge in [0.15, 0.2) is 0 Å². The van der Waals surface area contributed by atoms with Gasteiger partial charge in [-0.2, -0.15) is 0 Å². The second kappa shape index (κ2) is 2.14. The van der Waals surface area contributed by atoms with Crippen LogP contribution in [0.5, 0.6) is 0 Å². The van der Waals surface area contributed by atoms with E-state index in [2.05, 4.69) is 24.3 Å². The first-order valence-corrected chi connectivity index (χ1v) is 3.07. The van der Waals surface area contributed by atoms with Crippen molar-refractivity contribution in [1.82, 2.24) is 0 Å². The standard InChI is InChI=1S/C10H4/c1-2-6-10-8-4-3-7-9(10)5-1/h1-4H. The lowest BCUT2D eigenvalue weighted by molar-refractivity contribution is 1.71. The Morgan fingerprint density at radius 1 is 0.600 bits per heavy atom. The van der Waals surface area contributed by atoms with Gasteiger partial charge >= 0.3 is 0 Å². The van der Waals surface area contributed by atoms with Crippen LogP contribution in [0.15, 0.2) is 24.3 Å². The summed E-state index contributed by atoms with van der Waals surface area (Å²) in [5.74, 6) is 0. The van der Waals surface area contributed by atoms with Crippen LogP contribution in [-0.2, 0) is 0 Å². The molecule has 2 rings (SSSR count). The van der Waals surface area contributed by atoms with Crippen LogP contribution in [0.2, 0.25) is 0 Å². The van der Waals surface area contributed by atoms with Crippen molar-refractivity contribution in [3.8, 4) is 0 Å². The van der Waals surface area contributed by atoms with E-state index in [-0.39, 0.29) is 0 Å². The first kappa shape index (κ1) is 5.48. The molecule has 2 aromatic rings. The predicted octanol–water partition coefficient (Wildman–Crippen LogP) is 2.04. The minimum absolute atomic E-state index is 0.949. The highest BCUT2D eigenvalue weighted by atomic mass is 13.9. The lowest BCUT2D eigenvalue weighted by Gasteiger charge is -1.89. The fourth-order valence-corrected chi connectivity index (χ4v) is 0.872. The molecule has 0 atom stereocenters. The van der Waals surface area contributed by atoms with Gasteiger partial charge in [-0.3, -0.25) is 0 Å². The van der Waals surface area contributed by atoms with Crippen molar-refractivity contribution in [3.05, 3.63) is 48.5 Å². The summed E-state index contributed by atoms with van der Waals surface area (Å²) in [7, 11) is 0. The van der Waals surface area contributed by atoms with Crippen LogP contribution >= 0.6 is 0 Å². The topological polar surface area (TPSA) is 0 Å². The van der Waals surface area contributed by atoms with Crippen molar-refractivity contribution in [2.24, 2.45) is 0 Å². The van der Waals surface area contributed by atoms with Gasteiger partial charge in [0.25, 0.3) is 0 Å². The SMILES string of the molecule is [c]1cc[c]c2[c]cc[c]c12. The van der Waals surface area contributed by atoms with E-state index in [4.69, 9.17) is 0 Å². The molecule has 0 nitrogen and oxygen atoms in total. The first-order valence-electron chi connectivity index (χ1n) is 3.07. The number of rotatable bonds is 0. The van der Waals surface area contributed by atoms with E-state index in [1.165, 1.54) is 0 Å². The Hall–Kier alpha value is -1.30. The second-order valence-electron chi connectivity index (χ2n) is 1.99. The highest BCUT2D eigenvalue weighted by molar-refractivity contribution is 5.79. The van der Waals surface area contributed by atoms with Crippen molar-refractivity contribution in [2.45, 2.75) is 0 Å². The van der Waals surface area contributed by atoms with Crippen molar-refractivity contribution in [3.63, 3.8) is 0 Å². The fraction of sp³-hybridized carbons (Fsp3) is 0. The summed E-state index contributed by atoms with van der Waals surface area (Å²) in [5, 5.41) is 1.90. The molecule has 0 aliphatic heterocycles. The molecule has 0 spiro atoms. The summed E-state index contributed by atoms with van der Waals surface area (Å²) in [6.45, 7) is 0. The quantitative estimate of drug-likeness (QED) is 0.504. The van der Waals surface area contributed by atoms with Crippen LogP contribution < -0.4 is 0 Å². The molecule has 4 radical (unpaired) electrons. The van der Waals surface area contributed by atoms with Gasteiger partial charge in [-0.25, -0.2) is 0 Å². The van der Waals surface area contributed by atoms with E-state index in [0.29, 0.717) is 0 Å². The van der Waals surface area contributed by atoms with Crippen LogP contribution in [0.3, 0.4) is 0 Å². The van der Waals surface area contributed by atoms with Gasteiger partial charge in [-0.05, 0) is 35.0 Å². The zero-order valence-electron chi connectivity index (χ0n) is 5.31. The van der Waals surface area contributed by atoms with Crippen LogP contribution in [-0.4, -0.2) is 0 Å². The molecule has 0 N–H and O–H groups in total. The summed E-state index contributed by atoms with van der Waals surface area (Å²) in [5.41, 5.74) is 0. The molecule has 0 fully saturated rings.